The van der Waals surface area contributed by atoms with Gasteiger partial charge in [-0.3, -0.25) is 5.84 Å². The fourth-order valence-electron chi connectivity index (χ4n) is 2.10. The molecule has 1 atom stereocenters. The van der Waals surface area contributed by atoms with E-state index in [0.29, 0.717) is 6.42 Å². The predicted octanol–water partition coefficient (Wildman–Crippen LogP) is 3.11. The van der Waals surface area contributed by atoms with E-state index < -0.39 is 0 Å². The first kappa shape index (κ1) is 14.1. The normalized spacial score (nSPS) is 12.4. The molecule has 0 aliphatic heterocycles. The van der Waals surface area contributed by atoms with Crippen molar-refractivity contribution in [2.75, 3.05) is 7.11 Å². The van der Waals surface area contributed by atoms with Crippen LogP contribution in [0.15, 0.2) is 39.4 Å². The van der Waals surface area contributed by atoms with Gasteiger partial charge in [0.25, 0.3) is 0 Å². The van der Waals surface area contributed by atoms with Gasteiger partial charge in [-0.1, -0.05) is 15.9 Å². The lowest BCUT2D eigenvalue weighted by Crippen LogP contribution is -2.29. The quantitative estimate of drug-likeness (QED) is 0.655. The molecule has 0 amide bonds. The van der Waals surface area contributed by atoms with Crippen LogP contribution in [-0.4, -0.2) is 7.11 Å². The van der Waals surface area contributed by atoms with Crippen molar-refractivity contribution in [2.45, 2.75) is 19.4 Å². The molecule has 4 nitrogen and oxygen atoms in total. The number of benzene rings is 1. The molecular weight excluding hydrogens is 308 g/mol. The molecule has 1 aromatic heterocycles. The summed E-state index contributed by atoms with van der Waals surface area (Å²) in [7, 11) is 1.66. The Labute approximate surface area is 121 Å². The molecule has 0 aliphatic carbocycles. The van der Waals surface area contributed by atoms with Gasteiger partial charge in [0.15, 0.2) is 0 Å². The van der Waals surface area contributed by atoms with Crippen molar-refractivity contribution in [1.29, 1.82) is 0 Å². The fourth-order valence-corrected chi connectivity index (χ4v) is 2.50. The smallest absolute Gasteiger partial charge is 0.125 e. The molecule has 1 aromatic carbocycles. The lowest BCUT2D eigenvalue weighted by molar-refractivity contribution is 0.390. The Morgan fingerprint density at radius 1 is 1.42 bits per heavy atom. The van der Waals surface area contributed by atoms with Crippen molar-refractivity contribution in [3.8, 4) is 5.75 Å². The van der Waals surface area contributed by atoms with Crippen LogP contribution < -0.4 is 16.0 Å². The van der Waals surface area contributed by atoms with Crippen LogP contribution in [0.25, 0.3) is 0 Å². The molecule has 0 radical (unpaired) electrons. The van der Waals surface area contributed by atoms with E-state index in [9.17, 15) is 0 Å². The lowest BCUT2D eigenvalue weighted by atomic mass is 10.0. The molecule has 0 bridgehead atoms. The highest BCUT2D eigenvalue weighted by Gasteiger charge is 2.18. The molecule has 19 heavy (non-hydrogen) atoms. The van der Waals surface area contributed by atoms with Crippen molar-refractivity contribution >= 4 is 15.9 Å². The van der Waals surface area contributed by atoms with E-state index in [1.807, 2.05) is 31.2 Å². The van der Waals surface area contributed by atoms with E-state index >= 15 is 0 Å². The molecule has 2 rings (SSSR count). The SMILES string of the molecule is COc1ccc(Br)cc1CC(NN)c1occc1C. The zero-order chi connectivity index (χ0) is 13.8. The number of aryl methyl sites for hydroxylation is 1. The summed E-state index contributed by atoms with van der Waals surface area (Å²) in [6.07, 6.45) is 2.36. The average molecular weight is 325 g/mol. The van der Waals surface area contributed by atoms with Crippen molar-refractivity contribution in [3.63, 3.8) is 0 Å². The molecule has 0 saturated carbocycles. The van der Waals surface area contributed by atoms with Crippen molar-refractivity contribution in [3.05, 3.63) is 51.9 Å². The second-order valence-electron chi connectivity index (χ2n) is 4.35. The molecule has 0 fully saturated rings. The number of ether oxygens (including phenoxy) is 1. The van der Waals surface area contributed by atoms with Gasteiger partial charge in [-0.05, 0) is 48.7 Å². The van der Waals surface area contributed by atoms with Crippen LogP contribution in [0.5, 0.6) is 5.75 Å². The van der Waals surface area contributed by atoms with E-state index in [1.165, 1.54) is 0 Å². The Balaban J connectivity index is 2.28. The molecule has 5 heteroatoms. The Morgan fingerprint density at radius 3 is 2.79 bits per heavy atom. The lowest BCUT2D eigenvalue weighted by Gasteiger charge is -2.17. The number of halogens is 1. The minimum absolute atomic E-state index is 0.0850. The highest BCUT2D eigenvalue weighted by Crippen LogP contribution is 2.29. The van der Waals surface area contributed by atoms with Crippen molar-refractivity contribution in [1.82, 2.24) is 5.43 Å². The summed E-state index contributed by atoms with van der Waals surface area (Å²) in [5.74, 6) is 7.34. The number of nitrogens with two attached hydrogens (primary N) is 1. The second-order valence-corrected chi connectivity index (χ2v) is 5.26. The van der Waals surface area contributed by atoms with Crippen LogP contribution in [0.3, 0.4) is 0 Å². The summed E-state index contributed by atoms with van der Waals surface area (Å²) < 4.78 is 11.9. The highest BCUT2D eigenvalue weighted by molar-refractivity contribution is 9.10. The van der Waals surface area contributed by atoms with Gasteiger partial charge in [-0.2, -0.15) is 0 Å². The average Bonchev–Trinajstić information content (AvgIpc) is 2.82. The van der Waals surface area contributed by atoms with Gasteiger partial charge in [0, 0.05) is 4.47 Å². The predicted molar refractivity (Wildman–Crippen MR) is 77.9 cm³/mol. The monoisotopic (exact) mass is 324 g/mol. The van der Waals surface area contributed by atoms with Crippen LogP contribution in [0.2, 0.25) is 0 Å². The number of furan rings is 1. The largest absolute Gasteiger partial charge is 0.496 e. The number of hydrazine groups is 1. The number of hydrogen-bond acceptors (Lipinski definition) is 4. The molecule has 3 N–H and O–H groups in total. The maximum Gasteiger partial charge on any atom is 0.125 e. The minimum atomic E-state index is -0.0850. The Morgan fingerprint density at radius 2 is 2.21 bits per heavy atom. The number of methoxy groups -OCH3 is 1. The Hall–Kier alpha value is -1.30. The summed E-state index contributed by atoms with van der Waals surface area (Å²) >= 11 is 3.47. The molecule has 0 saturated heterocycles. The Kier molecular flexibility index (Phi) is 4.63. The molecule has 0 spiro atoms. The number of hydrogen-bond donors (Lipinski definition) is 2. The minimum Gasteiger partial charge on any atom is -0.496 e. The third kappa shape index (κ3) is 3.18. The summed E-state index contributed by atoms with van der Waals surface area (Å²) in [4.78, 5) is 0. The van der Waals surface area contributed by atoms with E-state index in [1.54, 1.807) is 13.4 Å². The molecule has 102 valence electrons. The molecule has 1 heterocycles. The van der Waals surface area contributed by atoms with Gasteiger partial charge >= 0.3 is 0 Å². The first-order chi connectivity index (χ1) is 9.15. The highest BCUT2D eigenvalue weighted by atomic mass is 79.9. The van der Waals surface area contributed by atoms with E-state index in [-0.39, 0.29) is 6.04 Å². The van der Waals surface area contributed by atoms with Crippen molar-refractivity contribution in [2.24, 2.45) is 5.84 Å². The topological polar surface area (TPSA) is 60.4 Å². The first-order valence-electron chi connectivity index (χ1n) is 5.98. The summed E-state index contributed by atoms with van der Waals surface area (Å²) in [6, 6.07) is 7.75. The van der Waals surface area contributed by atoms with Crippen LogP contribution in [-0.2, 0) is 6.42 Å². The summed E-state index contributed by atoms with van der Waals surface area (Å²) in [6.45, 7) is 2.00. The van der Waals surface area contributed by atoms with Gasteiger partial charge in [-0.25, -0.2) is 5.43 Å². The molecule has 2 aromatic rings. The Bertz CT molecular complexity index is 554. The maximum atomic E-state index is 5.65. The summed E-state index contributed by atoms with van der Waals surface area (Å²) in [5.41, 5.74) is 4.95. The third-order valence-corrected chi connectivity index (χ3v) is 3.58. The van der Waals surface area contributed by atoms with Crippen LogP contribution in [0.1, 0.15) is 22.9 Å². The zero-order valence-electron chi connectivity index (χ0n) is 10.9. The van der Waals surface area contributed by atoms with E-state index in [0.717, 1.165) is 27.1 Å². The van der Waals surface area contributed by atoms with Crippen LogP contribution >= 0.6 is 15.9 Å². The van der Waals surface area contributed by atoms with E-state index in [2.05, 4.69) is 21.4 Å². The van der Waals surface area contributed by atoms with Crippen molar-refractivity contribution < 1.29 is 9.15 Å². The van der Waals surface area contributed by atoms with E-state index in [4.69, 9.17) is 15.0 Å². The van der Waals surface area contributed by atoms with Gasteiger partial charge in [-0.15, -0.1) is 0 Å². The fraction of sp³-hybridized carbons (Fsp3) is 0.286. The third-order valence-electron chi connectivity index (χ3n) is 3.09. The standard InChI is InChI=1S/C14H17BrN2O2/c1-9-5-6-19-14(9)12(17-16)8-10-7-11(15)3-4-13(10)18-2/h3-7,12,17H,8,16H2,1-2H3. The molecular formula is C14H17BrN2O2. The van der Waals surface area contributed by atoms with Gasteiger partial charge in [0.1, 0.15) is 11.5 Å². The maximum absolute atomic E-state index is 5.65. The van der Waals surface area contributed by atoms with Crippen LogP contribution in [0, 0.1) is 6.92 Å². The number of rotatable bonds is 5. The zero-order valence-corrected chi connectivity index (χ0v) is 12.5. The van der Waals surface area contributed by atoms with Crippen LogP contribution in [0.4, 0.5) is 0 Å². The second kappa shape index (κ2) is 6.23. The number of nitrogens with one attached hydrogen (secondary N) is 1. The van der Waals surface area contributed by atoms with Gasteiger partial charge in [0.2, 0.25) is 0 Å². The first-order valence-corrected chi connectivity index (χ1v) is 6.77. The molecule has 0 aliphatic rings. The van der Waals surface area contributed by atoms with Gasteiger partial charge in [0.05, 0.1) is 19.4 Å². The molecule has 1 unspecified atom stereocenters. The summed E-state index contributed by atoms with van der Waals surface area (Å²) in [5, 5.41) is 0. The van der Waals surface area contributed by atoms with Gasteiger partial charge < -0.3 is 9.15 Å².